The topological polar surface area (TPSA) is 32.3 Å². The summed E-state index contributed by atoms with van der Waals surface area (Å²) in [5.74, 6) is 0. The first-order valence-corrected chi connectivity index (χ1v) is 7.83. The van der Waals surface area contributed by atoms with Crippen molar-refractivity contribution in [1.82, 2.24) is 0 Å². The summed E-state index contributed by atoms with van der Waals surface area (Å²) in [7, 11) is -0.702. The second-order valence-electron chi connectivity index (χ2n) is 5.29. The van der Waals surface area contributed by atoms with Crippen LogP contribution in [0.1, 0.15) is 30.4 Å². The van der Waals surface area contributed by atoms with Crippen molar-refractivity contribution < 1.29 is 9.42 Å². The maximum atomic E-state index is 11.0. The van der Waals surface area contributed by atoms with Gasteiger partial charge in [-0.05, 0) is 30.4 Å². The van der Waals surface area contributed by atoms with Gasteiger partial charge in [-0.1, -0.05) is 69.7 Å². The van der Waals surface area contributed by atoms with Gasteiger partial charge in [0, 0.05) is 5.41 Å². The van der Waals surface area contributed by atoms with Gasteiger partial charge in [0.15, 0.2) is 0 Å². The molecule has 2 nitrogen and oxygen atoms in total. The predicted molar refractivity (Wildman–Crippen MR) is 80.7 cm³/mol. The zero-order valence-electron chi connectivity index (χ0n) is 11.3. The molecule has 0 amide bonds. The summed E-state index contributed by atoms with van der Waals surface area (Å²) in [6.07, 6.45) is 3.08. The van der Waals surface area contributed by atoms with Crippen LogP contribution < -0.4 is 4.89 Å². The van der Waals surface area contributed by atoms with Crippen LogP contribution in [-0.4, -0.2) is 6.10 Å². The number of benzene rings is 2. The van der Waals surface area contributed by atoms with Gasteiger partial charge >= 0.3 is 0 Å². The third-order valence-corrected chi connectivity index (χ3v) is 4.74. The Hall–Kier alpha value is -1.21. The van der Waals surface area contributed by atoms with E-state index in [4.69, 9.17) is 4.52 Å². The lowest BCUT2D eigenvalue weighted by Gasteiger charge is -2.37. The first-order chi connectivity index (χ1) is 9.88. The molecular weight excluding hydrogens is 267 g/mol. The van der Waals surface area contributed by atoms with E-state index in [0.717, 1.165) is 19.3 Å². The number of hydrogen-bond acceptors (Lipinski definition) is 2. The molecule has 0 saturated heterocycles. The van der Waals surface area contributed by atoms with Crippen LogP contribution in [0.4, 0.5) is 0 Å². The zero-order chi connectivity index (χ0) is 13.8. The Labute approximate surface area is 121 Å². The second-order valence-corrected chi connectivity index (χ2v) is 5.69. The fourth-order valence-electron chi connectivity index (χ4n) is 3.49. The molecular formula is C17H18O2P-. The molecule has 0 N–H and O–H groups in total. The lowest BCUT2D eigenvalue weighted by Crippen LogP contribution is -2.37. The summed E-state index contributed by atoms with van der Waals surface area (Å²) >= 11 is 0. The van der Waals surface area contributed by atoms with E-state index in [-0.39, 0.29) is 11.5 Å². The minimum absolute atomic E-state index is 0.0110. The molecule has 0 aliphatic heterocycles. The Bertz CT molecular complexity index is 502. The Kier molecular flexibility index (Phi) is 4.16. The lowest BCUT2D eigenvalue weighted by atomic mass is 9.71. The Morgan fingerprint density at radius 2 is 1.50 bits per heavy atom. The van der Waals surface area contributed by atoms with Gasteiger partial charge in [-0.25, -0.2) is 0 Å². The van der Waals surface area contributed by atoms with Gasteiger partial charge in [0.1, 0.15) is 0 Å². The minimum atomic E-state index is -0.702. The van der Waals surface area contributed by atoms with E-state index in [1.807, 2.05) is 12.1 Å². The summed E-state index contributed by atoms with van der Waals surface area (Å²) in [5.41, 5.74) is 2.35. The lowest BCUT2D eigenvalue weighted by molar-refractivity contribution is -0.173. The fraction of sp³-hybridized carbons (Fsp3) is 0.294. The van der Waals surface area contributed by atoms with E-state index in [9.17, 15) is 4.89 Å². The molecule has 0 spiro atoms. The van der Waals surface area contributed by atoms with Gasteiger partial charge in [0.05, 0.1) is 6.10 Å². The molecule has 0 heterocycles. The molecule has 1 fully saturated rings. The molecule has 1 aliphatic carbocycles. The van der Waals surface area contributed by atoms with E-state index in [2.05, 4.69) is 48.5 Å². The van der Waals surface area contributed by atoms with Crippen molar-refractivity contribution in [3.8, 4) is 0 Å². The fourth-order valence-corrected chi connectivity index (χ4v) is 3.92. The van der Waals surface area contributed by atoms with Gasteiger partial charge in [0.25, 0.3) is 0 Å². The molecule has 2 aromatic rings. The number of rotatable bonds is 4. The first-order valence-electron chi connectivity index (χ1n) is 7.02. The van der Waals surface area contributed by atoms with Gasteiger partial charge in [-0.2, -0.15) is 0 Å². The second kappa shape index (κ2) is 6.05. The largest absolute Gasteiger partial charge is 0.810 e. The first kappa shape index (κ1) is 13.8. The van der Waals surface area contributed by atoms with Crippen molar-refractivity contribution in [2.75, 3.05) is 0 Å². The van der Waals surface area contributed by atoms with E-state index in [0.29, 0.717) is 0 Å². The highest BCUT2D eigenvalue weighted by atomic mass is 31.1. The highest BCUT2D eigenvalue weighted by Gasteiger charge is 2.45. The molecule has 2 unspecified atom stereocenters. The molecule has 0 bridgehead atoms. The zero-order valence-corrected chi connectivity index (χ0v) is 12.3. The van der Waals surface area contributed by atoms with E-state index in [1.165, 1.54) is 11.1 Å². The smallest absolute Gasteiger partial charge is 0.0735 e. The quantitative estimate of drug-likeness (QED) is 0.806. The van der Waals surface area contributed by atoms with Crippen LogP contribution in [0.2, 0.25) is 0 Å². The predicted octanol–water partition coefficient (Wildman–Crippen LogP) is 3.41. The van der Waals surface area contributed by atoms with Crippen molar-refractivity contribution >= 4 is 9.03 Å². The molecule has 1 aliphatic rings. The van der Waals surface area contributed by atoms with Crippen molar-refractivity contribution in [1.29, 1.82) is 0 Å². The molecule has 3 rings (SSSR count). The van der Waals surface area contributed by atoms with Crippen LogP contribution in [0.3, 0.4) is 0 Å². The van der Waals surface area contributed by atoms with Gasteiger partial charge in [-0.3, -0.25) is 0 Å². The van der Waals surface area contributed by atoms with Crippen molar-refractivity contribution in [2.24, 2.45) is 0 Å². The van der Waals surface area contributed by atoms with Crippen LogP contribution in [0.25, 0.3) is 0 Å². The normalized spacial score (nSPS) is 21.6. The van der Waals surface area contributed by atoms with Gasteiger partial charge in [0.2, 0.25) is 0 Å². The minimum Gasteiger partial charge on any atom is -0.810 e. The van der Waals surface area contributed by atoms with Crippen LogP contribution in [0.15, 0.2) is 60.7 Å². The van der Waals surface area contributed by atoms with Crippen molar-refractivity contribution in [2.45, 2.75) is 30.8 Å². The van der Waals surface area contributed by atoms with Crippen molar-refractivity contribution in [3.05, 3.63) is 71.8 Å². The summed E-state index contributed by atoms with van der Waals surface area (Å²) in [6.45, 7) is 0. The van der Waals surface area contributed by atoms with Gasteiger partial charge in [-0.15, -0.1) is 0 Å². The summed E-state index contributed by atoms with van der Waals surface area (Å²) in [4.78, 5) is 11.0. The van der Waals surface area contributed by atoms with Gasteiger partial charge < -0.3 is 9.42 Å². The van der Waals surface area contributed by atoms with E-state index < -0.39 is 9.03 Å². The van der Waals surface area contributed by atoms with Crippen LogP contribution in [-0.2, 0) is 9.94 Å². The van der Waals surface area contributed by atoms with E-state index in [1.54, 1.807) is 0 Å². The average Bonchev–Trinajstić information content (AvgIpc) is 2.94. The molecule has 20 heavy (non-hydrogen) atoms. The summed E-state index contributed by atoms with van der Waals surface area (Å²) in [6, 6.07) is 20.9. The molecule has 2 aromatic carbocycles. The SMILES string of the molecule is [O-]POC1CCCC1(c1ccccc1)c1ccccc1. The molecule has 3 heteroatoms. The van der Waals surface area contributed by atoms with Crippen LogP contribution >= 0.6 is 9.03 Å². The Balaban J connectivity index is 2.13. The van der Waals surface area contributed by atoms with Crippen LogP contribution in [0, 0.1) is 0 Å². The molecule has 1 saturated carbocycles. The third-order valence-electron chi connectivity index (χ3n) is 4.36. The molecule has 104 valence electrons. The number of hydrogen-bond donors (Lipinski definition) is 0. The summed E-state index contributed by atoms with van der Waals surface area (Å²) in [5, 5.41) is 0. The molecule has 0 radical (unpaired) electrons. The Morgan fingerprint density at radius 3 is 2.00 bits per heavy atom. The average molecular weight is 285 g/mol. The maximum absolute atomic E-state index is 11.0. The molecule has 2 atom stereocenters. The summed E-state index contributed by atoms with van der Waals surface area (Å²) < 4.78 is 5.60. The Morgan fingerprint density at radius 1 is 0.950 bits per heavy atom. The molecule has 0 aromatic heterocycles. The third kappa shape index (κ3) is 2.29. The maximum Gasteiger partial charge on any atom is 0.0735 e. The monoisotopic (exact) mass is 285 g/mol. The van der Waals surface area contributed by atoms with E-state index >= 15 is 0 Å². The highest BCUT2D eigenvalue weighted by molar-refractivity contribution is 7.23. The standard InChI is InChI=1S/C17H18O2P/c18-20-19-16-12-7-13-17(16,14-8-3-1-4-9-14)15-10-5-2-6-11-15/h1-6,8-11,16,20H,7,12-13H2/q-1. The highest BCUT2D eigenvalue weighted by Crippen LogP contribution is 2.48. The van der Waals surface area contributed by atoms with Crippen LogP contribution in [0.5, 0.6) is 0 Å². The van der Waals surface area contributed by atoms with Crippen molar-refractivity contribution in [3.63, 3.8) is 0 Å².